The molecular formula is C17H23N3O2. The second-order valence-electron chi connectivity index (χ2n) is 5.57. The standard InChI is InChI=1S/C17H23N3O2/c1-3-16(21)18-11-17(22)20-10-9-19(14(2)12-20)13-15-7-5-4-6-8-15/h3-8,14H,1,9-13H2,2H3,(H,18,21)/t14-/m1/s1. The summed E-state index contributed by atoms with van der Waals surface area (Å²) < 4.78 is 0. The highest BCUT2D eigenvalue weighted by Gasteiger charge is 2.26. The molecule has 1 aliphatic heterocycles. The Morgan fingerprint density at radius 3 is 2.68 bits per heavy atom. The van der Waals surface area contributed by atoms with E-state index in [-0.39, 0.29) is 18.4 Å². The lowest BCUT2D eigenvalue weighted by atomic mass is 10.1. The molecule has 22 heavy (non-hydrogen) atoms. The molecule has 2 amide bonds. The molecular weight excluding hydrogens is 278 g/mol. The lowest BCUT2D eigenvalue weighted by Gasteiger charge is -2.40. The van der Waals surface area contributed by atoms with Gasteiger partial charge in [-0.25, -0.2) is 0 Å². The van der Waals surface area contributed by atoms with Gasteiger partial charge in [0.15, 0.2) is 0 Å². The van der Waals surface area contributed by atoms with E-state index in [1.165, 1.54) is 11.6 Å². The van der Waals surface area contributed by atoms with Crippen LogP contribution in [0.3, 0.4) is 0 Å². The van der Waals surface area contributed by atoms with Gasteiger partial charge < -0.3 is 10.2 Å². The van der Waals surface area contributed by atoms with Crippen LogP contribution in [0, 0.1) is 0 Å². The molecule has 0 unspecified atom stereocenters. The average Bonchev–Trinajstić information content (AvgIpc) is 2.55. The molecule has 1 atom stereocenters. The number of hydrogen-bond donors (Lipinski definition) is 1. The third-order valence-electron chi connectivity index (χ3n) is 3.95. The van der Waals surface area contributed by atoms with E-state index in [0.29, 0.717) is 19.1 Å². The van der Waals surface area contributed by atoms with Gasteiger partial charge in [-0.05, 0) is 18.6 Å². The predicted octanol–water partition coefficient (Wildman–Crippen LogP) is 1.02. The van der Waals surface area contributed by atoms with Gasteiger partial charge in [0.2, 0.25) is 11.8 Å². The Hall–Kier alpha value is -2.14. The monoisotopic (exact) mass is 301 g/mol. The normalized spacial score (nSPS) is 18.8. The van der Waals surface area contributed by atoms with Gasteiger partial charge >= 0.3 is 0 Å². The number of carbonyl (C=O) groups excluding carboxylic acids is 2. The van der Waals surface area contributed by atoms with Gasteiger partial charge in [0.1, 0.15) is 0 Å². The first kappa shape index (κ1) is 16.2. The van der Waals surface area contributed by atoms with E-state index in [0.717, 1.165) is 13.1 Å². The third-order valence-corrected chi connectivity index (χ3v) is 3.95. The number of nitrogens with zero attached hydrogens (tertiary/aromatic N) is 2. The molecule has 1 aromatic rings. The summed E-state index contributed by atoms with van der Waals surface area (Å²) in [4.78, 5) is 27.4. The first-order valence-corrected chi connectivity index (χ1v) is 7.56. The summed E-state index contributed by atoms with van der Waals surface area (Å²) in [6.07, 6.45) is 1.17. The van der Waals surface area contributed by atoms with Crippen molar-refractivity contribution in [3.05, 3.63) is 48.6 Å². The summed E-state index contributed by atoms with van der Waals surface area (Å²) in [6, 6.07) is 10.6. The molecule has 1 heterocycles. The van der Waals surface area contributed by atoms with E-state index < -0.39 is 0 Å². The van der Waals surface area contributed by atoms with Crippen LogP contribution in [-0.2, 0) is 16.1 Å². The van der Waals surface area contributed by atoms with Gasteiger partial charge in [-0.15, -0.1) is 0 Å². The lowest BCUT2D eigenvalue weighted by Crippen LogP contribution is -2.54. The van der Waals surface area contributed by atoms with Crippen LogP contribution in [0.15, 0.2) is 43.0 Å². The second kappa shape index (κ2) is 7.75. The van der Waals surface area contributed by atoms with E-state index in [1.54, 1.807) is 0 Å². The summed E-state index contributed by atoms with van der Waals surface area (Å²) in [5.74, 6) is -0.356. The SMILES string of the molecule is C=CC(=O)NCC(=O)N1CCN(Cc2ccccc2)[C@H](C)C1. The van der Waals surface area contributed by atoms with Crippen molar-refractivity contribution in [2.75, 3.05) is 26.2 Å². The van der Waals surface area contributed by atoms with Crippen molar-refractivity contribution < 1.29 is 9.59 Å². The van der Waals surface area contributed by atoms with Gasteiger partial charge in [0.25, 0.3) is 0 Å². The minimum atomic E-state index is -0.316. The number of nitrogens with one attached hydrogen (secondary N) is 1. The molecule has 0 spiro atoms. The van der Waals surface area contributed by atoms with Crippen LogP contribution < -0.4 is 5.32 Å². The number of amides is 2. The predicted molar refractivity (Wildman–Crippen MR) is 86.1 cm³/mol. The van der Waals surface area contributed by atoms with E-state index in [2.05, 4.69) is 35.9 Å². The average molecular weight is 301 g/mol. The molecule has 5 heteroatoms. The van der Waals surface area contributed by atoms with E-state index in [9.17, 15) is 9.59 Å². The fraction of sp³-hybridized carbons (Fsp3) is 0.412. The van der Waals surface area contributed by atoms with Gasteiger partial charge in [-0.2, -0.15) is 0 Å². The molecule has 1 aromatic carbocycles. The van der Waals surface area contributed by atoms with E-state index >= 15 is 0 Å². The summed E-state index contributed by atoms with van der Waals surface area (Å²) in [7, 11) is 0. The zero-order valence-electron chi connectivity index (χ0n) is 13.0. The summed E-state index contributed by atoms with van der Waals surface area (Å²) in [5, 5.41) is 2.53. The highest BCUT2D eigenvalue weighted by Crippen LogP contribution is 2.13. The first-order chi connectivity index (χ1) is 10.6. The highest BCUT2D eigenvalue weighted by atomic mass is 16.2. The van der Waals surface area contributed by atoms with Crippen LogP contribution in [-0.4, -0.2) is 53.8 Å². The van der Waals surface area contributed by atoms with Crippen molar-refractivity contribution in [3.63, 3.8) is 0 Å². The number of benzene rings is 1. The molecule has 2 rings (SSSR count). The Balaban J connectivity index is 1.83. The second-order valence-corrected chi connectivity index (χ2v) is 5.57. The molecule has 0 bridgehead atoms. The fourth-order valence-electron chi connectivity index (χ4n) is 2.62. The van der Waals surface area contributed by atoms with Gasteiger partial charge in [0, 0.05) is 32.2 Å². The lowest BCUT2D eigenvalue weighted by molar-refractivity contribution is -0.134. The van der Waals surface area contributed by atoms with Crippen LogP contribution in [0.2, 0.25) is 0 Å². The first-order valence-electron chi connectivity index (χ1n) is 7.56. The largest absolute Gasteiger partial charge is 0.343 e. The molecule has 1 aliphatic rings. The Labute approximate surface area is 131 Å². The Bertz CT molecular complexity index is 530. The molecule has 1 fully saturated rings. The molecule has 5 nitrogen and oxygen atoms in total. The zero-order chi connectivity index (χ0) is 15.9. The maximum Gasteiger partial charge on any atom is 0.243 e. The molecule has 0 aromatic heterocycles. The number of rotatable bonds is 5. The maximum atomic E-state index is 12.1. The number of carbonyl (C=O) groups is 2. The maximum absolute atomic E-state index is 12.1. The molecule has 1 saturated heterocycles. The van der Waals surface area contributed by atoms with Crippen LogP contribution in [0.25, 0.3) is 0 Å². The van der Waals surface area contributed by atoms with Crippen LogP contribution in [0.4, 0.5) is 0 Å². The summed E-state index contributed by atoms with van der Waals surface area (Å²) in [6.45, 7) is 8.67. The molecule has 0 radical (unpaired) electrons. The summed E-state index contributed by atoms with van der Waals surface area (Å²) in [5.41, 5.74) is 1.28. The van der Waals surface area contributed by atoms with Crippen molar-refractivity contribution in [1.29, 1.82) is 0 Å². The smallest absolute Gasteiger partial charge is 0.243 e. The minimum Gasteiger partial charge on any atom is -0.343 e. The van der Waals surface area contributed by atoms with E-state index in [1.807, 2.05) is 23.1 Å². The van der Waals surface area contributed by atoms with E-state index in [4.69, 9.17) is 0 Å². The van der Waals surface area contributed by atoms with Crippen LogP contribution in [0.5, 0.6) is 0 Å². The molecule has 0 saturated carbocycles. The number of hydrogen-bond acceptors (Lipinski definition) is 3. The van der Waals surface area contributed by atoms with Gasteiger partial charge in [-0.3, -0.25) is 14.5 Å². The zero-order valence-corrected chi connectivity index (χ0v) is 13.0. The van der Waals surface area contributed by atoms with Crippen LogP contribution in [0.1, 0.15) is 12.5 Å². The molecule has 0 aliphatic carbocycles. The van der Waals surface area contributed by atoms with Gasteiger partial charge in [0.05, 0.1) is 6.54 Å². The molecule has 118 valence electrons. The number of piperazine rings is 1. The fourth-order valence-corrected chi connectivity index (χ4v) is 2.62. The van der Waals surface area contributed by atoms with Crippen molar-refractivity contribution in [2.45, 2.75) is 19.5 Å². The Kier molecular flexibility index (Phi) is 5.72. The van der Waals surface area contributed by atoms with Crippen molar-refractivity contribution in [3.8, 4) is 0 Å². The highest BCUT2D eigenvalue weighted by molar-refractivity contribution is 5.90. The Morgan fingerprint density at radius 1 is 1.32 bits per heavy atom. The van der Waals surface area contributed by atoms with Gasteiger partial charge in [-0.1, -0.05) is 36.9 Å². The van der Waals surface area contributed by atoms with Crippen molar-refractivity contribution in [2.24, 2.45) is 0 Å². The Morgan fingerprint density at radius 2 is 2.05 bits per heavy atom. The van der Waals surface area contributed by atoms with Crippen molar-refractivity contribution >= 4 is 11.8 Å². The summed E-state index contributed by atoms with van der Waals surface area (Å²) >= 11 is 0. The van der Waals surface area contributed by atoms with Crippen molar-refractivity contribution in [1.82, 2.24) is 15.1 Å². The topological polar surface area (TPSA) is 52.7 Å². The molecule has 1 N–H and O–H groups in total. The quantitative estimate of drug-likeness (QED) is 0.826. The minimum absolute atomic E-state index is 0.0380. The van der Waals surface area contributed by atoms with Crippen LogP contribution >= 0.6 is 0 Å². The third kappa shape index (κ3) is 4.43.